The first-order chi connectivity index (χ1) is 12.3. The van der Waals surface area contributed by atoms with E-state index in [9.17, 15) is 9.59 Å². The fourth-order valence-electron chi connectivity index (χ4n) is 3.46. The molecule has 0 aliphatic carbocycles. The van der Waals surface area contributed by atoms with Crippen LogP contribution in [-0.4, -0.2) is 41.3 Å². The first-order valence-corrected chi connectivity index (χ1v) is 9.50. The number of carbonyl (C=O) groups excluding carboxylic acids is 2. The van der Waals surface area contributed by atoms with Gasteiger partial charge in [0.15, 0.2) is 0 Å². The minimum Gasteiger partial charge on any atom is -0.464 e. The molecular weight excluding hydrogens is 330 g/mol. The van der Waals surface area contributed by atoms with Gasteiger partial charge in [-0.05, 0) is 46.1 Å². The van der Waals surface area contributed by atoms with Crippen LogP contribution in [0.15, 0.2) is 30.3 Å². The predicted molar refractivity (Wildman–Crippen MR) is 101 cm³/mol. The first kappa shape index (κ1) is 20.3. The smallest absolute Gasteiger partial charge is 0.411 e. The Labute approximate surface area is 156 Å². The van der Waals surface area contributed by atoms with Crippen molar-refractivity contribution < 1.29 is 19.1 Å². The highest BCUT2D eigenvalue weighted by molar-refractivity contribution is 5.86. The molecule has 26 heavy (non-hydrogen) atoms. The van der Waals surface area contributed by atoms with Gasteiger partial charge >= 0.3 is 12.1 Å². The Morgan fingerprint density at radius 1 is 1.12 bits per heavy atom. The van der Waals surface area contributed by atoms with Crippen molar-refractivity contribution in [3.05, 3.63) is 35.9 Å². The van der Waals surface area contributed by atoms with Crippen LogP contribution in [0, 0.1) is 0 Å². The lowest BCUT2D eigenvalue weighted by Crippen LogP contribution is -2.59. The third kappa shape index (κ3) is 4.99. The molecular formula is C21H31NO4. The Bertz CT molecular complexity index is 608. The third-order valence-electron chi connectivity index (χ3n) is 4.60. The van der Waals surface area contributed by atoms with E-state index < -0.39 is 17.2 Å². The Kier molecular flexibility index (Phi) is 6.68. The van der Waals surface area contributed by atoms with Crippen LogP contribution in [0.5, 0.6) is 0 Å². The Morgan fingerprint density at radius 3 is 2.42 bits per heavy atom. The van der Waals surface area contributed by atoms with E-state index in [0.29, 0.717) is 19.4 Å². The second-order valence-electron chi connectivity index (χ2n) is 7.86. The van der Waals surface area contributed by atoms with Crippen LogP contribution in [0.2, 0.25) is 0 Å². The van der Waals surface area contributed by atoms with E-state index in [2.05, 4.69) is 0 Å². The molecule has 1 aromatic rings. The average molecular weight is 361 g/mol. The first-order valence-electron chi connectivity index (χ1n) is 9.50. The van der Waals surface area contributed by atoms with Crippen LogP contribution in [0.25, 0.3) is 0 Å². The number of ether oxygens (including phenoxy) is 2. The molecule has 1 fully saturated rings. The van der Waals surface area contributed by atoms with E-state index in [-0.39, 0.29) is 12.6 Å². The summed E-state index contributed by atoms with van der Waals surface area (Å²) in [5.41, 5.74) is -0.622. The minimum absolute atomic E-state index is 0.289. The summed E-state index contributed by atoms with van der Waals surface area (Å²) < 4.78 is 11.1. The van der Waals surface area contributed by atoms with Gasteiger partial charge in [-0.25, -0.2) is 9.59 Å². The van der Waals surface area contributed by atoms with Gasteiger partial charge in [-0.1, -0.05) is 43.2 Å². The van der Waals surface area contributed by atoms with Crippen molar-refractivity contribution in [2.24, 2.45) is 0 Å². The van der Waals surface area contributed by atoms with Crippen LogP contribution < -0.4 is 0 Å². The van der Waals surface area contributed by atoms with E-state index in [1.165, 1.54) is 0 Å². The molecule has 1 aromatic carbocycles. The molecule has 1 aliphatic rings. The summed E-state index contributed by atoms with van der Waals surface area (Å²) in [4.78, 5) is 27.7. The number of likely N-dealkylation sites (tertiary alicyclic amines) is 1. The Hall–Kier alpha value is -2.04. The van der Waals surface area contributed by atoms with Gasteiger partial charge in [0.2, 0.25) is 0 Å². The number of hydrogen-bond acceptors (Lipinski definition) is 4. The zero-order valence-electron chi connectivity index (χ0n) is 16.4. The molecule has 0 N–H and O–H groups in total. The number of benzene rings is 1. The average Bonchev–Trinajstić information content (AvgIpc) is 2.78. The maximum Gasteiger partial charge on any atom is 0.411 e. The summed E-state index contributed by atoms with van der Waals surface area (Å²) in [7, 11) is 0. The Balaban J connectivity index is 2.43. The van der Waals surface area contributed by atoms with Crippen molar-refractivity contribution in [1.29, 1.82) is 0 Å². The zero-order valence-corrected chi connectivity index (χ0v) is 16.4. The van der Waals surface area contributed by atoms with Gasteiger partial charge in [0.1, 0.15) is 11.1 Å². The van der Waals surface area contributed by atoms with Gasteiger partial charge in [0.05, 0.1) is 6.61 Å². The lowest BCUT2D eigenvalue weighted by atomic mass is 9.85. The van der Waals surface area contributed by atoms with Gasteiger partial charge in [-0.2, -0.15) is 0 Å². The van der Waals surface area contributed by atoms with Crippen LogP contribution in [0.3, 0.4) is 0 Å². The molecule has 0 unspecified atom stereocenters. The molecule has 1 heterocycles. The summed E-state index contributed by atoms with van der Waals surface area (Å²) in [6.45, 7) is 8.10. The number of hydrogen-bond donors (Lipinski definition) is 0. The highest BCUT2D eigenvalue weighted by atomic mass is 16.6. The summed E-state index contributed by atoms with van der Waals surface area (Å²) >= 11 is 0. The van der Waals surface area contributed by atoms with E-state index in [1.54, 1.807) is 11.8 Å². The van der Waals surface area contributed by atoms with Crippen molar-refractivity contribution >= 4 is 12.1 Å². The highest BCUT2D eigenvalue weighted by Crippen LogP contribution is 2.34. The number of nitrogens with zero attached hydrogens (tertiary/aromatic N) is 1. The largest absolute Gasteiger partial charge is 0.464 e. The van der Waals surface area contributed by atoms with E-state index in [1.807, 2.05) is 51.1 Å². The maximum absolute atomic E-state index is 13.1. The molecule has 0 spiro atoms. The van der Waals surface area contributed by atoms with E-state index in [0.717, 1.165) is 24.8 Å². The molecule has 5 heteroatoms. The van der Waals surface area contributed by atoms with Crippen LogP contribution in [0.1, 0.15) is 58.9 Å². The van der Waals surface area contributed by atoms with E-state index in [4.69, 9.17) is 9.47 Å². The van der Waals surface area contributed by atoms with Crippen molar-refractivity contribution in [3.8, 4) is 0 Å². The molecule has 1 saturated heterocycles. The lowest BCUT2D eigenvalue weighted by molar-refractivity contribution is -0.158. The summed E-state index contributed by atoms with van der Waals surface area (Å²) in [6, 6.07) is 9.81. The van der Waals surface area contributed by atoms with Gasteiger partial charge in [0, 0.05) is 13.0 Å². The van der Waals surface area contributed by atoms with Crippen molar-refractivity contribution in [1.82, 2.24) is 4.90 Å². The SMILES string of the molecule is CCOC(=O)[C@@]1(Cc2ccccc2)CCCCCN1C(=O)OC(C)(C)C. The second-order valence-corrected chi connectivity index (χ2v) is 7.86. The van der Waals surface area contributed by atoms with E-state index >= 15 is 0 Å². The van der Waals surface area contributed by atoms with Crippen LogP contribution >= 0.6 is 0 Å². The third-order valence-corrected chi connectivity index (χ3v) is 4.60. The quantitative estimate of drug-likeness (QED) is 0.749. The van der Waals surface area contributed by atoms with Gasteiger partial charge < -0.3 is 9.47 Å². The molecule has 144 valence electrons. The van der Waals surface area contributed by atoms with Crippen LogP contribution in [-0.2, 0) is 20.7 Å². The predicted octanol–water partition coefficient (Wildman–Crippen LogP) is 4.34. The van der Waals surface area contributed by atoms with Crippen LogP contribution in [0.4, 0.5) is 4.79 Å². The molecule has 1 aliphatic heterocycles. The maximum atomic E-state index is 13.1. The molecule has 0 saturated carbocycles. The second kappa shape index (κ2) is 8.56. The molecule has 5 nitrogen and oxygen atoms in total. The fraction of sp³-hybridized carbons (Fsp3) is 0.619. The molecule has 1 atom stereocenters. The molecule has 0 bridgehead atoms. The van der Waals surface area contributed by atoms with Gasteiger partial charge in [-0.3, -0.25) is 4.90 Å². The van der Waals surface area contributed by atoms with Crippen molar-refractivity contribution in [3.63, 3.8) is 0 Å². The monoisotopic (exact) mass is 361 g/mol. The summed E-state index contributed by atoms with van der Waals surface area (Å²) in [5, 5.41) is 0. The number of rotatable bonds is 4. The minimum atomic E-state index is -1.02. The lowest BCUT2D eigenvalue weighted by Gasteiger charge is -2.41. The molecule has 2 rings (SSSR count). The number of amides is 1. The topological polar surface area (TPSA) is 55.8 Å². The summed E-state index contributed by atoms with van der Waals surface area (Å²) in [6.07, 6.45) is 3.30. The molecule has 0 radical (unpaired) electrons. The number of carbonyl (C=O) groups is 2. The van der Waals surface area contributed by atoms with Gasteiger partial charge in [0.25, 0.3) is 0 Å². The molecule has 1 amide bonds. The summed E-state index contributed by atoms with van der Waals surface area (Å²) in [5.74, 6) is -0.336. The van der Waals surface area contributed by atoms with Gasteiger partial charge in [-0.15, -0.1) is 0 Å². The standard InChI is InChI=1S/C21H31NO4/c1-5-25-18(23)21(16-17-12-8-6-9-13-17)14-10-7-11-15-22(21)19(24)26-20(2,3)4/h6,8-9,12-13H,5,7,10-11,14-16H2,1-4H3/t21-/m0/s1. The zero-order chi connectivity index (χ0) is 19.2. The molecule has 0 aromatic heterocycles. The highest BCUT2D eigenvalue weighted by Gasteiger charge is 2.49. The van der Waals surface area contributed by atoms with Crippen molar-refractivity contribution in [2.45, 2.75) is 70.9 Å². The Morgan fingerprint density at radius 2 is 1.81 bits per heavy atom. The normalized spacial score (nSPS) is 21.0. The number of esters is 1. The van der Waals surface area contributed by atoms with Crippen molar-refractivity contribution in [2.75, 3.05) is 13.2 Å². The fourth-order valence-corrected chi connectivity index (χ4v) is 3.46.